The Hall–Kier alpha value is -1.68. The smallest absolute Gasteiger partial charge is 0.140 e. The zero-order valence-electron chi connectivity index (χ0n) is 11.3. The van der Waals surface area contributed by atoms with Gasteiger partial charge in [0.1, 0.15) is 10.7 Å². The Morgan fingerprint density at radius 1 is 1.30 bits per heavy atom. The number of pyridine rings is 1. The van der Waals surface area contributed by atoms with Crippen LogP contribution in [0.25, 0.3) is 10.9 Å². The van der Waals surface area contributed by atoms with Crippen molar-refractivity contribution in [2.75, 3.05) is 6.61 Å². The Kier molecular flexibility index (Phi) is 3.83. The molecular formula is C16H18N2OS. The number of nitrogens with zero attached hydrogens (tertiary/aromatic N) is 1. The lowest BCUT2D eigenvalue weighted by Gasteiger charge is -2.16. The Morgan fingerprint density at radius 3 is 2.80 bits per heavy atom. The van der Waals surface area contributed by atoms with E-state index in [0.29, 0.717) is 10.9 Å². The standard InChI is InChI=1S/C16H18N2OS/c17-16(20)13-9-18-14-8-4-3-7-12(14)15(13)19-10-11-5-1-2-6-11/h3-4,7-9,11H,1-2,5-6,10H2,(H2,17,20). The summed E-state index contributed by atoms with van der Waals surface area (Å²) in [6, 6.07) is 7.93. The van der Waals surface area contributed by atoms with Crippen LogP contribution in [0.2, 0.25) is 0 Å². The zero-order valence-corrected chi connectivity index (χ0v) is 12.2. The van der Waals surface area contributed by atoms with Crippen LogP contribution in [0.15, 0.2) is 30.5 Å². The highest BCUT2D eigenvalue weighted by Gasteiger charge is 2.18. The highest BCUT2D eigenvalue weighted by Crippen LogP contribution is 2.31. The molecule has 0 atom stereocenters. The molecule has 1 heterocycles. The lowest BCUT2D eigenvalue weighted by atomic mass is 10.1. The quantitative estimate of drug-likeness (QED) is 0.875. The molecule has 0 aliphatic heterocycles. The largest absolute Gasteiger partial charge is 0.492 e. The van der Waals surface area contributed by atoms with E-state index in [1.54, 1.807) is 6.20 Å². The summed E-state index contributed by atoms with van der Waals surface area (Å²) >= 11 is 5.12. The number of hydrogen-bond acceptors (Lipinski definition) is 3. The molecule has 4 heteroatoms. The Bertz CT molecular complexity index is 635. The van der Waals surface area contributed by atoms with Crippen LogP contribution in [-0.4, -0.2) is 16.6 Å². The molecule has 20 heavy (non-hydrogen) atoms. The van der Waals surface area contributed by atoms with Crippen molar-refractivity contribution >= 4 is 28.1 Å². The van der Waals surface area contributed by atoms with Gasteiger partial charge in [-0.2, -0.15) is 0 Å². The molecule has 2 aromatic rings. The third kappa shape index (κ3) is 2.61. The number of nitrogens with two attached hydrogens (primary N) is 1. The second-order valence-corrected chi connectivity index (χ2v) is 5.78. The fourth-order valence-corrected chi connectivity index (χ4v) is 2.97. The fourth-order valence-electron chi connectivity index (χ4n) is 2.83. The van der Waals surface area contributed by atoms with Crippen molar-refractivity contribution in [3.8, 4) is 5.75 Å². The van der Waals surface area contributed by atoms with E-state index in [2.05, 4.69) is 4.98 Å². The molecule has 1 saturated carbocycles. The van der Waals surface area contributed by atoms with Crippen LogP contribution in [0.5, 0.6) is 5.75 Å². The first-order valence-corrected chi connectivity index (χ1v) is 7.47. The van der Waals surface area contributed by atoms with Crippen molar-refractivity contribution in [2.45, 2.75) is 25.7 Å². The van der Waals surface area contributed by atoms with E-state index < -0.39 is 0 Å². The van der Waals surface area contributed by atoms with Gasteiger partial charge in [0.25, 0.3) is 0 Å². The molecule has 3 rings (SSSR count). The second-order valence-electron chi connectivity index (χ2n) is 5.34. The van der Waals surface area contributed by atoms with E-state index in [-0.39, 0.29) is 0 Å². The topological polar surface area (TPSA) is 48.1 Å². The molecule has 104 valence electrons. The van der Waals surface area contributed by atoms with Crippen molar-refractivity contribution < 1.29 is 4.74 Å². The van der Waals surface area contributed by atoms with Gasteiger partial charge in [-0.3, -0.25) is 4.98 Å². The maximum Gasteiger partial charge on any atom is 0.140 e. The van der Waals surface area contributed by atoms with E-state index >= 15 is 0 Å². The van der Waals surface area contributed by atoms with Gasteiger partial charge in [0.2, 0.25) is 0 Å². The van der Waals surface area contributed by atoms with Gasteiger partial charge in [0.05, 0.1) is 17.7 Å². The minimum Gasteiger partial charge on any atom is -0.492 e. The minimum atomic E-state index is 0.338. The summed E-state index contributed by atoms with van der Waals surface area (Å²) < 4.78 is 6.09. The van der Waals surface area contributed by atoms with Crippen molar-refractivity contribution in [2.24, 2.45) is 11.7 Å². The average molecular weight is 286 g/mol. The van der Waals surface area contributed by atoms with E-state index in [0.717, 1.165) is 28.8 Å². The molecule has 0 radical (unpaired) electrons. The van der Waals surface area contributed by atoms with Gasteiger partial charge in [-0.15, -0.1) is 0 Å². The summed E-state index contributed by atoms with van der Waals surface area (Å²) in [6.07, 6.45) is 6.85. The normalized spacial score (nSPS) is 15.6. The van der Waals surface area contributed by atoms with Crippen LogP contribution in [0, 0.1) is 5.92 Å². The van der Waals surface area contributed by atoms with Crippen LogP contribution < -0.4 is 10.5 Å². The van der Waals surface area contributed by atoms with Crippen molar-refractivity contribution in [3.05, 3.63) is 36.0 Å². The molecule has 1 aromatic carbocycles. The van der Waals surface area contributed by atoms with Crippen LogP contribution in [-0.2, 0) is 0 Å². The van der Waals surface area contributed by atoms with E-state index in [4.69, 9.17) is 22.7 Å². The Labute approximate surface area is 124 Å². The first-order valence-electron chi connectivity index (χ1n) is 7.06. The molecule has 0 unspecified atom stereocenters. The SMILES string of the molecule is NC(=S)c1cnc2ccccc2c1OCC1CCCC1. The van der Waals surface area contributed by atoms with Crippen LogP contribution in [0.3, 0.4) is 0 Å². The summed E-state index contributed by atoms with van der Waals surface area (Å²) in [6.45, 7) is 0.740. The molecule has 0 spiro atoms. The number of hydrogen-bond donors (Lipinski definition) is 1. The van der Waals surface area contributed by atoms with Crippen LogP contribution >= 0.6 is 12.2 Å². The van der Waals surface area contributed by atoms with E-state index in [9.17, 15) is 0 Å². The first kappa shape index (κ1) is 13.3. The molecule has 0 saturated heterocycles. The van der Waals surface area contributed by atoms with E-state index in [1.165, 1.54) is 25.7 Å². The van der Waals surface area contributed by atoms with Gasteiger partial charge in [-0.1, -0.05) is 37.2 Å². The Morgan fingerprint density at radius 2 is 2.05 bits per heavy atom. The number of aromatic nitrogens is 1. The highest BCUT2D eigenvalue weighted by atomic mass is 32.1. The summed E-state index contributed by atoms with van der Waals surface area (Å²) in [5, 5.41) is 0.982. The summed E-state index contributed by atoms with van der Waals surface area (Å²) in [4.78, 5) is 4.73. The number of thiocarbonyl (C=S) groups is 1. The molecule has 2 N–H and O–H groups in total. The third-order valence-electron chi connectivity index (χ3n) is 3.93. The van der Waals surface area contributed by atoms with Gasteiger partial charge in [0.15, 0.2) is 0 Å². The van der Waals surface area contributed by atoms with Crippen LogP contribution in [0.1, 0.15) is 31.2 Å². The lowest BCUT2D eigenvalue weighted by molar-refractivity contribution is 0.254. The first-order chi connectivity index (χ1) is 9.75. The molecule has 0 bridgehead atoms. The van der Waals surface area contributed by atoms with Crippen LogP contribution in [0.4, 0.5) is 0 Å². The fraction of sp³-hybridized carbons (Fsp3) is 0.375. The number of para-hydroxylation sites is 1. The third-order valence-corrected chi connectivity index (χ3v) is 4.15. The molecule has 1 fully saturated rings. The van der Waals surface area contributed by atoms with Gasteiger partial charge in [0, 0.05) is 11.6 Å². The predicted octanol–water partition coefficient (Wildman–Crippen LogP) is 3.44. The van der Waals surface area contributed by atoms with Gasteiger partial charge >= 0.3 is 0 Å². The maximum atomic E-state index is 6.09. The van der Waals surface area contributed by atoms with Crippen molar-refractivity contribution in [3.63, 3.8) is 0 Å². The van der Waals surface area contributed by atoms with E-state index in [1.807, 2.05) is 24.3 Å². The molecule has 0 amide bonds. The zero-order chi connectivity index (χ0) is 13.9. The number of benzene rings is 1. The van der Waals surface area contributed by atoms with Gasteiger partial charge in [-0.25, -0.2) is 0 Å². The highest BCUT2D eigenvalue weighted by molar-refractivity contribution is 7.80. The summed E-state index contributed by atoms with van der Waals surface area (Å²) in [7, 11) is 0. The van der Waals surface area contributed by atoms with Gasteiger partial charge < -0.3 is 10.5 Å². The minimum absolute atomic E-state index is 0.338. The molecule has 1 aliphatic rings. The predicted molar refractivity (Wildman–Crippen MR) is 85.1 cm³/mol. The lowest BCUT2D eigenvalue weighted by Crippen LogP contribution is -2.15. The van der Waals surface area contributed by atoms with Crippen molar-refractivity contribution in [1.29, 1.82) is 0 Å². The van der Waals surface area contributed by atoms with Gasteiger partial charge in [-0.05, 0) is 30.9 Å². The average Bonchev–Trinajstić information content (AvgIpc) is 2.97. The second kappa shape index (κ2) is 5.75. The molecule has 3 nitrogen and oxygen atoms in total. The Balaban J connectivity index is 1.96. The molecular weight excluding hydrogens is 268 g/mol. The van der Waals surface area contributed by atoms with Crippen molar-refractivity contribution in [1.82, 2.24) is 4.98 Å². The summed E-state index contributed by atoms with van der Waals surface area (Å²) in [5.41, 5.74) is 7.44. The number of fused-ring (bicyclic) bond motifs is 1. The monoisotopic (exact) mass is 286 g/mol. The number of ether oxygens (including phenoxy) is 1. The maximum absolute atomic E-state index is 6.09. The number of rotatable bonds is 4. The molecule has 1 aliphatic carbocycles. The summed E-state index contributed by atoms with van der Waals surface area (Å²) in [5.74, 6) is 1.44. The molecule has 1 aromatic heterocycles.